The van der Waals surface area contributed by atoms with Crippen molar-refractivity contribution >= 4 is 12.7 Å². The fourth-order valence-electron chi connectivity index (χ4n) is 2.47. The minimum Gasteiger partial charge on any atom is -0.398 e. The molecule has 1 aliphatic heterocycles. The quantitative estimate of drug-likeness (QED) is 0.794. The maximum Gasteiger partial charge on any atom is 0.512 e. The van der Waals surface area contributed by atoms with Crippen molar-refractivity contribution in [1.29, 1.82) is 0 Å². The van der Waals surface area contributed by atoms with E-state index < -0.39 is 0 Å². The fraction of sp³-hybridized carbons (Fsp3) is 0.438. The third kappa shape index (κ3) is 2.41. The van der Waals surface area contributed by atoms with Crippen molar-refractivity contribution in [2.45, 2.75) is 38.9 Å². The number of rotatable bonds is 2. The van der Waals surface area contributed by atoms with Gasteiger partial charge in [0.1, 0.15) is 0 Å². The highest BCUT2D eigenvalue weighted by Crippen LogP contribution is 2.36. The second-order valence-electron chi connectivity index (χ2n) is 6.59. The molecule has 2 aromatic rings. The molecule has 1 saturated heterocycles. The Hall–Kier alpha value is -1.59. The molecule has 0 saturated carbocycles. The molecule has 3 heterocycles. The Kier molecular flexibility index (Phi) is 3.22. The second kappa shape index (κ2) is 4.72. The largest absolute Gasteiger partial charge is 0.512 e. The molecule has 0 bridgehead atoms. The first-order valence-electron chi connectivity index (χ1n) is 7.22. The number of hydrogen-bond donors (Lipinski definition) is 0. The zero-order valence-corrected chi connectivity index (χ0v) is 13.3. The Morgan fingerprint density at radius 1 is 1.10 bits per heavy atom. The summed E-state index contributed by atoms with van der Waals surface area (Å²) in [5.41, 5.74) is 2.59. The van der Waals surface area contributed by atoms with E-state index in [4.69, 9.17) is 9.31 Å². The van der Waals surface area contributed by atoms with E-state index in [1.165, 1.54) is 0 Å². The van der Waals surface area contributed by atoms with Crippen molar-refractivity contribution in [3.63, 3.8) is 0 Å². The normalized spacial score (nSPS) is 20.0. The molecular weight excluding hydrogens is 263 g/mol. The van der Waals surface area contributed by atoms with Gasteiger partial charge in [-0.15, -0.1) is 0 Å². The molecule has 5 heteroatoms. The van der Waals surface area contributed by atoms with Crippen molar-refractivity contribution < 1.29 is 9.31 Å². The number of pyridine rings is 1. The molecule has 0 amide bonds. The summed E-state index contributed by atoms with van der Waals surface area (Å²) in [5.74, 6) is 0. The molecule has 0 spiro atoms. The van der Waals surface area contributed by atoms with Gasteiger partial charge in [0.15, 0.2) is 0 Å². The van der Waals surface area contributed by atoms with Crippen molar-refractivity contribution in [3.05, 3.63) is 36.8 Å². The van der Waals surface area contributed by atoms with Crippen molar-refractivity contribution in [2.75, 3.05) is 0 Å². The van der Waals surface area contributed by atoms with E-state index in [2.05, 4.69) is 55.6 Å². The predicted molar refractivity (Wildman–Crippen MR) is 84.4 cm³/mol. The van der Waals surface area contributed by atoms with Crippen LogP contribution in [-0.4, -0.2) is 27.9 Å². The Balaban J connectivity index is 1.93. The summed E-state index contributed by atoms with van der Waals surface area (Å²) >= 11 is 0. The van der Waals surface area contributed by atoms with Crippen molar-refractivity contribution in [3.8, 4) is 11.1 Å². The lowest BCUT2D eigenvalue weighted by atomic mass is 9.84. The third-order valence-electron chi connectivity index (χ3n) is 4.53. The third-order valence-corrected chi connectivity index (χ3v) is 4.53. The SMILES string of the molecule is Cn1cc(-c2cccnc2)cc1B1OC(C)(C)C(C)(C)O1. The van der Waals surface area contributed by atoms with Gasteiger partial charge in [0.25, 0.3) is 0 Å². The van der Waals surface area contributed by atoms with Gasteiger partial charge in [-0.1, -0.05) is 6.07 Å². The van der Waals surface area contributed by atoms with Gasteiger partial charge in [-0.25, -0.2) is 0 Å². The van der Waals surface area contributed by atoms with Gasteiger partial charge in [0, 0.05) is 42.4 Å². The summed E-state index contributed by atoms with van der Waals surface area (Å²) in [6.45, 7) is 8.27. The molecule has 21 heavy (non-hydrogen) atoms. The Morgan fingerprint density at radius 3 is 2.33 bits per heavy atom. The van der Waals surface area contributed by atoms with E-state index in [0.717, 1.165) is 16.7 Å². The zero-order valence-electron chi connectivity index (χ0n) is 13.3. The van der Waals surface area contributed by atoms with Gasteiger partial charge < -0.3 is 13.9 Å². The van der Waals surface area contributed by atoms with E-state index in [9.17, 15) is 0 Å². The van der Waals surface area contributed by atoms with E-state index in [1.54, 1.807) is 6.20 Å². The Bertz CT molecular complexity index is 634. The molecule has 0 aliphatic carbocycles. The lowest BCUT2D eigenvalue weighted by Gasteiger charge is -2.32. The van der Waals surface area contributed by atoms with Gasteiger partial charge in [-0.2, -0.15) is 0 Å². The number of aryl methyl sites for hydroxylation is 1. The summed E-state index contributed by atoms with van der Waals surface area (Å²) in [5, 5.41) is 0. The van der Waals surface area contributed by atoms with Crippen LogP contribution in [-0.2, 0) is 16.4 Å². The average Bonchev–Trinajstić information content (AvgIpc) is 2.89. The van der Waals surface area contributed by atoms with Gasteiger partial charge in [0.05, 0.1) is 11.2 Å². The van der Waals surface area contributed by atoms with Gasteiger partial charge >= 0.3 is 7.12 Å². The molecule has 110 valence electrons. The molecule has 0 radical (unpaired) electrons. The summed E-state index contributed by atoms with van der Waals surface area (Å²) < 4.78 is 14.3. The van der Waals surface area contributed by atoms with Gasteiger partial charge in [0.2, 0.25) is 0 Å². The van der Waals surface area contributed by atoms with Crippen LogP contribution in [0.1, 0.15) is 27.7 Å². The van der Waals surface area contributed by atoms with Gasteiger partial charge in [-0.3, -0.25) is 4.98 Å². The monoisotopic (exact) mass is 284 g/mol. The molecule has 0 aromatic carbocycles. The summed E-state index contributed by atoms with van der Waals surface area (Å²) in [6.07, 6.45) is 5.72. The summed E-state index contributed by atoms with van der Waals surface area (Å²) in [4.78, 5) is 4.17. The van der Waals surface area contributed by atoms with Crippen LogP contribution in [0.15, 0.2) is 36.8 Å². The smallest absolute Gasteiger partial charge is 0.398 e. The predicted octanol–water partition coefficient (Wildman–Crippen LogP) is 2.39. The van der Waals surface area contributed by atoms with Crippen LogP contribution in [0.4, 0.5) is 0 Å². The van der Waals surface area contributed by atoms with Crippen molar-refractivity contribution in [2.24, 2.45) is 7.05 Å². The number of aromatic nitrogens is 2. The van der Waals surface area contributed by atoms with Crippen LogP contribution in [0.25, 0.3) is 11.1 Å². The fourth-order valence-corrected chi connectivity index (χ4v) is 2.47. The molecule has 1 fully saturated rings. The lowest BCUT2D eigenvalue weighted by Crippen LogP contribution is -2.41. The highest BCUT2D eigenvalue weighted by molar-refractivity contribution is 6.61. The van der Waals surface area contributed by atoms with Gasteiger partial charge in [-0.05, 0) is 39.8 Å². The first kappa shape index (κ1) is 14.4. The van der Waals surface area contributed by atoms with E-state index in [0.29, 0.717) is 0 Å². The molecule has 0 atom stereocenters. The highest BCUT2D eigenvalue weighted by Gasteiger charge is 2.52. The van der Waals surface area contributed by atoms with Crippen LogP contribution in [0.2, 0.25) is 0 Å². The van der Waals surface area contributed by atoms with Crippen LogP contribution < -0.4 is 5.59 Å². The maximum atomic E-state index is 6.12. The van der Waals surface area contributed by atoms with Crippen LogP contribution in [0.5, 0.6) is 0 Å². The van der Waals surface area contributed by atoms with Crippen LogP contribution in [0, 0.1) is 0 Å². The first-order chi connectivity index (χ1) is 9.80. The van der Waals surface area contributed by atoms with E-state index >= 15 is 0 Å². The number of nitrogens with zero attached hydrogens (tertiary/aromatic N) is 2. The molecule has 1 aliphatic rings. The maximum absolute atomic E-state index is 6.12. The molecule has 4 nitrogen and oxygen atoms in total. The Morgan fingerprint density at radius 2 is 1.76 bits per heavy atom. The highest BCUT2D eigenvalue weighted by atomic mass is 16.7. The zero-order chi connectivity index (χ0) is 15.3. The minimum absolute atomic E-state index is 0.323. The topological polar surface area (TPSA) is 36.3 Å². The van der Waals surface area contributed by atoms with Crippen molar-refractivity contribution in [1.82, 2.24) is 9.55 Å². The van der Waals surface area contributed by atoms with E-state index in [-0.39, 0.29) is 18.3 Å². The first-order valence-corrected chi connectivity index (χ1v) is 7.22. The van der Waals surface area contributed by atoms with E-state index in [1.807, 2.05) is 19.3 Å². The summed E-state index contributed by atoms with van der Waals surface area (Å²) in [6, 6.07) is 6.10. The molecule has 0 unspecified atom stereocenters. The lowest BCUT2D eigenvalue weighted by molar-refractivity contribution is 0.00578. The standard InChI is InChI=1S/C16H21BN2O2/c1-15(2)16(3,4)21-17(20-15)14-9-13(11-19(14)5)12-7-6-8-18-10-12/h6-11H,1-5H3. The van der Waals surface area contributed by atoms with Crippen LogP contribution >= 0.6 is 0 Å². The molecule has 2 aromatic heterocycles. The number of hydrogen-bond acceptors (Lipinski definition) is 3. The summed E-state index contributed by atoms with van der Waals surface area (Å²) in [7, 11) is 1.67. The van der Waals surface area contributed by atoms with Crippen LogP contribution in [0.3, 0.4) is 0 Å². The molecular formula is C16H21BN2O2. The Labute approximate surface area is 126 Å². The molecule has 0 N–H and O–H groups in total. The average molecular weight is 284 g/mol. The minimum atomic E-state index is -0.342. The second-order valence-corrected chi connectivity index (χ2v) is 6.59. The molecule has 3 rings (SSSR count).